The van der Waals surface area contributed by atoms with Gasteiger partial charge in [0.05, 0.1) is 18.3 Å². The highest BCUT2D eigenvalue weighted by molar-refractivity contribution is 6.03. The number of fused-ring (bicyclic) bond motifs is 2. The molecule has 0 saturated heterocycles. The Bertz CT molecular complexity index is 1360. The quantitative estimate of drug-likeness (QED) is 0.406. The van der Waals surface area contributed by atoms with Crippen LogP contribution in [0.25, 0.3) is 22.2 Å². The molecule has 2 amide bonds. The molecule has 5 rings (SSSR count). The molecular weight excluding hydrogens is 426 g/mol. The summed E-state index contributed by atoms with van der Waals surface area (Å²) in [5, 5.41) is 3.89. The van der Waals surface area contributed by atoms with E-state index in [1.54, 1.807) is 12.0 Å². The van der Waals surface area contributed by atoms with Crippen LogP contribution in [0.4, 0.5) is 0 Å². The number of benzene rings is 3. The van der Waals surface area contributed by atoms with Crippen molar-refractivity contribution in [3.05, 3.63) is 95.1 Å². The number of methoxy groups -OCH3 is 1. The van der Waals surface area contributed by atoms with E-state index in [1.165, 1.54) is 5.56 Å². The summed E-state index contributed by atoms with van der Waals surface area (Å²) in [6, 6.07) is 23.7. The minimum Gasteiger partial charge on any atom is -0.383 e. The lowest BCUT2D eigenvalue weighted by Gasteiger charge is -2.26. The summed E-state index contributed by atoms with van der Waals surface area (Å²) in [5.41, 5.74) is 6.72. The molecule has 0 aliphatic carbocycles. The van der Waals surface area contributed by atoms with Gasteiger partial charge in [-0.05, 0) is 30.2 Å². The summed E-state index contributed by atoms with van der Waals surface area (Å²) in [7, 11) is 1.59. The number of nitrogens with zero attached hydrogens (tertiary/aromatic N) is 1. The van der Waals surface area contributed by atoms with Gasteiger partial charge >= 0.3 is 0 Å². The molecule has 2 heterocycles. The predicted molar refractivity (Wildman–Crippen MR) is 133 cm³/mol. The van der Waals surface area contributed by atoms with E-state index in [9.17, 15) is 9.59 Å². The van der Waals surface area contributed by atoms with Crippen LogP contribution in [-0.2, 0) is 9.53 Å². The molecule has 1 aromatic heterocycles. The molecule has 4 aromatic rings. The van der Waals surface area contributed by atoms with Crippen molar-refractivity contribution >= 4 is 22.7 Å². The highest BCUT2D eigenvalue weighted by Gasteiger charge is 2.40. The molecule has 1 unspecified atom stereocenters. The van der Waals surface area contributed by atoms with Crippen LogP contribution in [0, 0.1) is 6.92 Å². The largest absolute Gasteiger partial charge is 0.383 e. The standard InChI is InChI=1S/C28H27N3O3/c1-18-11-13-19(14-12-18)26-25(22-9-5-6-10-23(22)30-26)27-20-7-3-4-8-21(20)28(33)31(27)17-24(32)29-15-16-34-2/h3-14,27,30H,15-17H2,1-2H3,(H,29,32). The molecule has 1 atom stereocenters. The third-order valence-corrected chi connectivity index (χ3v) is 6.36. The summed E-state index contributed by atoms with van der Waals surface area (Å²) in [5.74, 6) is -0.345. The molecule has 6 nitrogen and oxygen atoms in total. The van der Waals surface area contributed by atoms with Gasteiger partial charge in [-0.1, -0.05) is 66.2 Å². The first kappa shape index (κ1) is 21.9. The maximum Gasteiger partial charge on any atom is 0.255 e. The van der Waals surface area contributed by atoms with E-state index >= 15 is 0 Å². The third-order valence-electron chi connectivity index (χ3n) is 6.36. The fourth-order valence-corrected chi connectivity index (χ4v) is 4.74. The maximum atomic E-state index is 13.5. The number of ether oxygens (including phenoxy) is 1. The van der Waals surface area contributed by atoms with Gasteiger partial charge in [0, 0.05) is 35.7 Å². The van der Waals surface area contributed by atoms with Crippen LogP contribution in [0.15, 0.2) is 72.8 Å². The van der Waals surface area contributed by atoms with Crippen molar-refractivity contribution in [3.8, 4) is 11.3 Å². The van der Waals surface area contributed by atoms with Gasteiger partial charge in [0.2, 0.25) is 5.91 Å². The van der Waals surface area contributed by atoms with Crippen molar-refractivity contribution in [1.82, 2.24) is 15.2 Å². The Morgan fingerprint density at radius 2 is 1.76 bits per heavy atom. The van der Waals surface area contributed by atoms with E-state index in [4.69, 9.17) is 4.74 Å². The average molecular weight is 454 g/mol. The molecule has 0 bridgehead atoms. The Hall–Kier alpha value is -3.90. The van der Waals surface area contributed by atoms with Gasteiger partial charge in [0.15, 0.2) is 0 Å². The molecule has 2 N–H and O–H groups in total. The number of carbonyl (C=O) groups excluding carboxylic acids is 2. The van der Waals surface area contributed by atoms with Gasteiger partial charge in [0.1, 0.15) is 6.54 Å². The molecule has 0 fully saturated rings. The lowest BCUT2D eigenvalue weighted by molar-refractivity contribution is -0.122. The van der Waals surface area contributed by atoms with Crippen LogP contribution in [-0.4, -0.2) is 48.5 Å². The topological polar surface area (TPSA) is 74.4 Å². The zero-order chi connectivity index (χ0) is 23.7. The number of nitrogens with one attached hydrogen (secondary N) is 2. The van der Waals surface area contributed by atoms with E-state index in [0.29, 0.717) is 18.7 Å². The highest BCUT2D eigenvalue weighted by Crippen LogP contribution is 2.45. The first-order valence-electron chi connectivity index (χ1n) is 11.4. The first-order chi connectivity index (χ1) is 16.6. The van der Waals surface area contributed by atoms with E-state index in [1.807, 2.05) is 42.5 Å². The Morgan fingerprint density at radius 3 is 2.56 bits per heavy atom. The summed E-state index contributed by atoms with van der Waals surface area (Å²) in [6.07, 6.45) is 0. The Kier molecular flexibility index (Phi) is 5.90. The van der Waals surface area contributed by atoms with Gasteiger partial charge < -0.3 is 19.9 Å². The van der Waals surface area contributed by atoms with Gasteiger partial charge in [-0.15, -0.1) is 0 Å². The van der Waals surface area contributed by atoms with Crippen LogP contribution >= 0.6 is 0 Å². The Labute approximate surface area is 198 Å². The van der Waals surface area contributed by atoms with Crippen LogP contribution in [0.5, 0.6) is 0 Å². The lowest BCUT2D eigenvalue weighted by Crippen LogP contribution is -2.40. The zero-order valence-electron chi connectivity index (χ0n) is 19.3. The van der Waals surface area contributed by atoms with E-state index in [0.717, 1.165) is 33.3 Å². The van der Waals surface area contributed by atoms with Crippen LogP contribution in [0.2, 0.25) is 0 Å². The number of aromatic nitrogens is 1. The van der Waals surface area contributed by atoms with Crippen LogP contribution in [0.3, 0.4) is 0 Å². The van der Waals surface area contributed by atoms with Gasteiger partial charge in [-0.2, -0.15) is 0 Å². The maximum absolute atomic E-state index is 13.5. The third kappa shape index (κ3) is 3.86. The number of carbonyl (C=O) groups is 2. The SMILES string of the molecule is COCCNC(=O)CN1C(=O)c2ccccc2C1c1c(-c2ccc(C)cc2)[nH]c2ccccc12. The van der Waals surface area contributed by atoms with Gasteiger partial charge in [-0.3, -0.25) is 9.59 Å². The van der Waals surface area contributed by atoms with E-state index in [-0.39, 0.29) is 24.4 Å². The van der Waals surface area contributed by atoms with Crippen LogP contribution in [0.1, 0.15) is 33.1 Å². The van der Waals surface area contributed by atoms with Crippen molar-refractivity contribution in [2.24, 2.45) is 0 Å². The number of aryl methyl sites for hydroxylation is 1. The lowest BCUT2D eigenvalue weighted by atomic mass is 9.93. The predicted octanol–water partition coefficient (Wildman–Crippen LogP) is 4.45. The number of hydrogen-bond donors (Lipinski definition) is 2. The van der Waals surface area contributed by atoms with Crippen LogP contribution < -0.4 is 5.32 Å². The first-order valence-corrected chi connectivity index (χ1v) is 11.4. The number of H-pyrrole nitrogens is 1. The monoisotopic (exact) mass is 453 g/mol. The number of amides is 2. The fourth-order valence-electron chi connectivity index (χ4n) is 4.74. The number of para-hydroxylation sites is 1. The number of rotatable bonds is 7. The molecule has 172 valence electrons. The molecular formula is C28H27N3O3. The second kappa shape index (κ2) is 9.15. The molecule has 1 aliphatic rings. The fraction of sp³-hybridized carbons (Fsp3) is 0.214. The Balaban J connectivity index is 1.66. The molecule has 0 saturated carbocycles. The zero-order valence-corrected chi connectivity index (χ0v) is 19.3. The van der Waals surface area contributed by atoms with E-state index in [2.05, 4.69) is 47.6 Å². The summed E-state index contributed by atoms with van der Waals surface area (Å²) >= 11 is 0. The van der Waals surface area contributed by atoms with Crippen molar-refractivity contribution in [2.75, 3.05) is 26.8 Å². The number of aromatic amines is 1. The molecule has 6 heteroatoms. The Morgan fingerprint density at radius 1 is 1.03 bits per heavy atom. The number of hydrogen-bond acceptors (Lipinski definition) is 3. The van der Waals surface area contributed by atoms with Gasteiger partial charge in [0.25, 0.3) is 5.91 Å². The smallest absolute Gasteiger partial charge is 0.255 e. The molecule has 3 aromatic carbocycles. The summed E-state index contributed by atoms with van der Waals surface area (Å²) in [6.45, 7) is 2.85. The van der Waals surface area contributed by atoms with Crippen molar-refractivity contribution in [3.63, 3.8) is 0 Å². The van der Waals surface area contributed by atoms with Crippen molar-refractivity contribution < 1.29 is 14.3 Å². The van der Waals surface area contributed by atoms with E-state index < -0.39 is 0 Å². The molecule has 1 aliphatic heterocycles. The molecule has 0 spiro atoms. The average Bonchev–Trinajstić information content (AvgIpc) is 3.35. The minimum atomic E-state index is -0.385. The van der Waals surface area contributed by atoms with Gasteiger partial charge in [-0.25, -0.2) is 0 Å². The summed E-state index contributed by atoms with van der Waals surface area (Å²) in [4.78, 5) is 31.5. The minimum absolute atomic E-state index is 0.0330. The highest BCUT2D eigenvalue weighted by atomic mass is 16.5. The second-order valence-electron chi connectivity index (χ2n) is 8.59. The molecule has 0 radical (unpaired) electrons. The normalized spacial score (nSPS) is 15.1. The summed E-state index contributed by atoms with van der Waals surface area (Å²) < 4.78 is 5.04. The second-order valence-corrected chi connectivity index (χ2v) is 8.59. The van der Waals surface area contributed by atoms with Crippen molar-refractivity contribution in [2.45, 2.75) is 13.0 Å². The molecule has 34 heavy (non-hydrogen) atoms. The van der Waals surface area contributed by atoms with Crippen molar-refractivity contribution in [1.29, 1.82) is 0 Å².